The van der Waals surface area contributed by atoms with Crippen molar-refractivity contribution in [2.75, 3.05) is 0 Å². The average molecular weight is 700 g/mol. The van der Waals surface area contributed by atoms with E-state index >= 15 is 0 Å². The van der Waals surface area contributed by atoms with Gasteiger partial charge in [0.05, 0.1) is 0 Å². The first-order valence-corrected chi connectivity index (χ1v) is 15.7. The standard InChI is InChI=1S/C33H18I2O2/c1-35-23-7-13-25-21(15-23)5-11-29-27-9-3-19(17-31(27)37-33(25)29)18-2-8-26-28-10-4-20-14-22(34)6-12-24(20)32(28)36-30(26)16-18/h2-17H,1H2. The van der Waals surface area contributed by atoms with E-state index in [1.165, 1.54) is 17.9 Å². The Kier molecular flexibility index (Phi) is 4.80. The van der Waals surface area contributed by atoms with Crippen LogP contribution in [-0.4, -0.2) is 4.51 Å². The maximum absolute atomic E-state index is 6.46. The highest BCUT2D eigenvalue weighted by molar-refractivity contribution is 14.2. The number of rotatable bonds is 2. The number of fused-ring (bicyclic) bond motifs is 10. The molecule has 2 heterocycles. The molecule has 4 heteroatoms. The number of hydrogen-bond donors (Lipinski definition) is 0. The Morgan fingerprint density at radius 3 is 1.62 bits per heavy atom. The van der Waals surface area contributed by atoms with E-state index in [1.54, 1.807) is 0 Å². The van der Waals surface area contributed by atoms with Gasteiger partial charge < -0.3 is 8.83 Å². The monoisotopic (exact) mass is 700 g/mol. The maximum atomic E-state index is 6.46. The first-order valence-electron chi connectivity index (χ1n) is 12.0. The fourth-order valence-electron chi connectivity index (χ4n) is 5.51. The molecule has 0 aliphatic heterocycles. The third-order valence-electron chi connectivity index (χ3n) is 7.32. The van der Waals surface area contributed by atoms with E-state index in [4.69, 9.17) is 8.83 Å². The summed E-state index contributed by atoms with van der Waals surface area (Å²) < 4.78 is 19.6. The lowest BCUT2D eigenvalue weighted by Crippen LogP contribution is -1.78. The summed E-state index contributed by atoms with van der Waals surface area (Å²) >= 11 is 2.17. The van der Waals surface area contributed by atoms with Crippen LogP contribution < -0.4 is 0 Å². The molecule has 0 spiro atoms. The van der Waals surface area contributed by atoms with E-state index in [1.807, 2.05) is 0 Å². The summed E-state index contributed by atoms with van der Waals surface area (Å²) in [5.74, 6) is 0. The molecule has 0 radical (unpaired) electrons. The van der Waals surface area contributed by atoms with E-state index < -0.39 is 0 Å². The molecule has 0 aliphatic rings. The maximum Gasteiger partial charge on any atom is 0.143 e. The Labute approximate surface area is 235 Å². The lowest BCUT2D eigenvalue weighted by Gasteiger charge is -2.02. The van der Waals surface area contributed by atoms with Gasteiger partial charge in [0.2, 0.25) is 0 Å². The van der Waals surface area contributed by atoms with E-state index in [9.17, 15) is 0 Å². The first-order chi connectivity index (χ1) is 18.2. The summed E-state index contributed by atoms with van der Waals surface area (Å²) in [6.07, 6.45) is 0. The summed E-state index contributed by atoms with van der Waals surface area (Å²) in [6.45, 7) is 0. The fraction of sp³-hybridized carbons (Fsp3) is 0. The van der Waals surface area contributed by atoms with E-state index in [-0.39, 0.29) is 20.7 Å². The van der Waals surface area contributed by atoms with Gasteiger partial charge in [-0.1, -0.05) is 49.5 Å². The van der Waals surface area contributed by atoms with Crippen LogP contribution in [0.5, 0.6) is 0 Å². The average Bonchev–Trinajstić information content (AvgIpc) is 3.50. The van der Waals surface area contributed by atoms with Crippen LogP contribution in [-0.2, 0) is 0 Å². The third-order valence-corrected chi connectivity index (χ3v) is 9.54. The van der Waals surface area contributed by atoms with Crippen molar-refractivity contribution in [2.45, 2.75) is 0 Å². The molecule has 0 N–H and O–H groups in total. The predicted octanol–water partition coefficient (Wildman–Crippen LogP) is 10.6. The first kappa shape index (κ1) is 21.8. The van der Waals surface area contributed by atoms with Crippen LogP contribution in [0.15, 0.2) is 106 Å². The van der Waals surface area contributed by atoms with Crippen LogP contribution in [0.3, 0.4) is 0 Å². The molecule has 0 fully saturated rings. The summed E-state index contributed by atoms with van der Waals surface area (Å²) in [7, 11) is 0. The molecule has 6 aromatic carbocycles. The topological polar surface area (TPSA) is 26.3 Å². The summed E-state index contributed by atoms with van der Waals surface area (Å²) in [5.41, 5.74) is 5.93. The SMILES string of the molecule is C=Ic1ccc2c(ccc3c4ccc(-c5ccc6c(c5)oc5c7ccc(I)cc7ccc65)cc4oc23)c1. The molecule has 8 rings (SSSR count). The predicted molar refractivity (Wildman–Crippen MR) is 174 cm³/mol. The lowest BCUT2D eigenvalue weighted by atomic mass is 10.0. The summed E-state index contributed by atoms with van der Waals surface area (Å²) in [5, 5.41) is 9.30. The molecule has 0 amide bonds. The van der Waals surface area contributed by atoms with Gasteiger partial charge in [-0.2, -0.15) is 0 Å². The highest BCUT2D eigenvalue weighted by Crippen LogP contribution is 2.39. The van der Waals surface area contributed by atoms with Gasteiger partial charge in [0, 0.05) is 39.5 Å². The molecule has 8 aromatic rings. The molecule has 0 atom stereocenters. The van der Waals surface area contributed by atoms with Gasteiger partial charge in [-0.3, -0.25) is 0 Å². The zero-order valence-electron chi connectivity index (χ0n) is 19.5. The van der Waals surface area contributed by atoms with E-state index in [0.29, 0.717) is 0 Å². The zero-order chi connectivity index (χ0) is 24.7. The molecule has 0 saturated heterocycles. The van der Waals surface area contributed by atoms with Crippen molar-refractivity contribution >= 4 is 113 Å². The molecule has 2 aromatic heterocycles. The Morgan fingerprint density at radius 1 is 0.514 bits per heavy atom. The van der Waals surface area contributed by atoms with Gasteiger partial charge in [0.1, 0.15) is 22.3 Å². The normalized spacial score (nSPS) is 12.1. The summed E-state index contributed by atoms with van der Waals surface area (Å²) in [6, 6.07) is 34.8. The zero-order valence-corrected chi connectivity index (χ0v) is 23.8. The molecule has 2 nitrogen and oxygen atoms in total. The second kappa shape index (κ2) is 8.13. The van der Waals surface area contributed by atoms with Crippen LogP contribution in [0, 0.1) is 7.14 Å². The second-order valence-electron chi connectivity index (χ2n) is 9.38. The number of halogens is 2. The quantitative estimate of drug-likeness (QED) is 0.168. The van der Waals surface area contributed by atoms with Crippen LogP contribution in [0.25, 0.3) is 76.5 Å². The molecule has 0 unspecified atom stereocenters. The molecule has 0 saturated carbocycles. The molecule has 176 valence electrons. The molecular weight excluding hydrogens is 682 g/mol. The van der Waals surface area contributed by atoms with E-state index in [0.717, 1.165) is 65.8 Å². The van der Waals surface area contributed by atoms with Gasteiger partial charge in [-0.05, 0) is 117 Å². The van der Waals surface area contributed by atoms with Crippen molar-refractivity contribution < 1.29 is 8.83 Å². The Balaban J connectivity index is 1.30. The fourth-order valence-corrected chi connectivity index (χ4v) is 7.01. The van der Waals surface area contributed by atoms with Crippen LogP contribution in [0.4, 0.5) is 0 Å². The Morgan fingerprint density at radius 2 is 1.03 bits per heavy atom. The van der Waals surface area contributed by atoms with Crippen molar-refractivity contribution in [1.82, 2.24) is 0 Å². The number of benzene rings is 6. The van der Waals surface area contributed by atoms with Gasteiger partial charge >= 0.3 is 0 Å². The minimum atomic E-state index is -0.180. The van der Waals surface area contributed by atoms with Crippen molar-refractivity contribution in [3.63, 3.8) is 0 Å². The third kappa shape index (κ3) is 3.31. The largest absolute Gasteiger partial charge is 0.455 e. The van der Waals surface area contributed by atoms with Crippen LogP contribution in [0.1, 0.15) is 0 Å². The van der Waals surface area contributed by atoms with Gasteiger partial charge in [-0.15, -0.1) is 0 Å². The second-order valence-corrected chi connectivity index (χ2v) is 12.6. The highest BCUT2D eigenvalue weighted by atomic mass is 127. The Hall–Kier alpha value is -3.23. The Bertz CT molecular complexity index is 2230. The van der Waals surface area contributed by atoms with E-state index in [2.05, 4.69) is 124 Å². The number of hydrogen-bond acceptors (Lipinski definition) is 2. The smallest absolute Gasteiger partial charge is 0.143 e. The van der Waals surface area contributed by atoms with Crippen LogP contribution in [0.2, 0.25) is 0 Å². The van der Waals surface area contributed by atoms with Gasteiger partial charge in [0.25, 0.3) is 0 Å². The van der Waals surface area contributed by atoms with Gasteiger partial charge in [0.15, 0.2) is 0 Å². The van der Waals surface area contributed by atoms with Crippen molar-refractivity contribution in [1.29, 1.82) is 0 Å². The van der Waals surface area contributed by atoms with Crippen molar-refractivity contribution in [2.24, 2.45) is 0 Å². The van der Waals surface area contributed by atoms with Gasteiger partial charge in [-0.25, -0.2) is 0 Å². The molecule has 37 heavy (non-hydrogen) atoms. The van der Waals surface area contributed by atoms with Crippen LogP contribution >= 0.6 is 43.3 Å². The molecule has 0 aliphatic carbocycles. The highest BCUT2D eigenvalue weighted by Gasteiger charge is 2.14. The lowest BCUT2D eigenvalue weighted by molar-refractivity contribution is 0.672. The van der Waals surface area contributed by atoms with Crippen molar-refractivity contribution in [3.05, 3.63) is 104 Å². The summed E-state index contributed by atoms with van der Waals surface area (Å²) in [4.78, 5) is 0. The number of furan rings is 2. The molecule has 0 bridgehead atoms. The van der Waals surface area contributed by atoms with Crippen molar-refractivity contribution in [3.8, 4) is 11.1 Å². The molecular formula is C33H18I2O2. The minimum Gasteiger partial charge on any atom is -0.455 e. The minimum absolute atomic E-state index is 0.180.